The summed E-state index contributed by atoms with van der Waals surface area (Å²) in [6.45, 7) is 5.00. The normalized spacial score (nSPS) is 12.6. The van der Waals surface area contributed by atoms with Crippen molar-refractivity contribution in [2.45, 2.75) is 26.3 Å². The number of nitrogens with one attached hydrogen (secondary N) is 1. The third kappa shape index (κ3) is 3.35. The molecule has 0 fully saturated rings. The molecule has 1 unspecified atom stereocenters. The van der Waals surface area contributed by atoms with Gasteiger partial charge in [-0.15, -0.1) is 11.3 Å². The fraction of sp³-hybridized carbons (Fsp3) is 0.333. The van der Waals surface area contributed by atoms with E-state index in [1.165, 1.54) is 10.4 Å². The van der Waals surface area contributed by atoms with E-state index in [1.807, 2.05) is 0 Å². The molecule has 4 heteroatoms. The molecule has 1 N–H and O–H groups in total. The molecule has 1 aromatic carbocycles. The van der Waals surface area contributed by atoms with Gasteiger partial charge in [0.05, 0.1) is 5.02 Å². The molecule has 0 radical (unpaired) electrons. The van der Waals surface area contributed by atoms with Crippen molar-refractivity contribution in [1.29, 1.82) is 0 Å². The molecule has 2 aromatic rings. The van der Waals surface area contributed by atoms with Gasteiger partial charge >= 0.3 is 0 Å². The second kappa shape index (κ2) is 6.51. The molecule has 0 spiro atoms. The Labute approximate surface area is 122 Å². The molecule has 1 heterocycles. The highest BCUT2D eigenvalue weighted by atomic mass is 35.5. The maximum atomic E-state index is 14.0. The van der Waals surface area contributed by atoms with E-state index in [1.54, 1.807) is 29.5 Å². The number of rotatable bonds is 5. The topological polar surface area (TPSA) is 12.0 Å². The van der Waals surface area contributed by atoms with E-state index < -0.39 is 0 Å². The zero-order chi connectivity index (χ0) is 13.8. The van der Waals surface area contributed by atoms with Crippen molar-refractivity contribution in [3.63, 3.8) is 0 Å². The lowest BCUT2D eigenvalue weighted by Crippen LogP contribution is -2.23. The van der Waals surface area contributed by atoms with Crippen molar-refractivity contribution in [1.82, 2.24) is 5.32 Å². The molecule has 0 aliphatic carbocycles. The van der Waals surface area contributed by atoms with Gasteiger partial charge in [-0.3, -0.25) is 0 Å². The van der Waals surface area contributed by atoms with Crippen molar-refractivity contribution in [2.75, 3.05) is 6.54 Å². The lowest BCUT2D eigenvalue weighted by molar-refractivity contribution is 0.527. The minimum absolute atomic E-state index is 0.129. The monoisotopic (exact) mass is 297 g/mol. The van der Waals surface area contributed by atoms with Crippen LogP contribution in [0.25, 0.3) is 0 Å². The number of aryl methyl sites for hydroxylation is 1. The van der Waals surface area contributed by atoms with Crippen LogP contribution in [0, 0.1) is 12.7 Å². The molecule has 102 valence electrons. The van der Waals surface area contributed by atoms with Gasteiger partial charge in [-0.25, -0.2) is 4.39 Å². The fourth-order valence-electron chi connectivity index (χ4n) is 2.22. The van der Waals surface area contributed by atoms with Crippen LogP contribution in [0.2, 0.25) is 5.02 Å². The summed E-state index contributed by atoms with van der Waals surface area (Å²) in [5, 5.41) is 5.68. The quantitative estimate of drug-likeness (QED) is 0.840. The molecule has 1 atom stereocenters. The molecule has 0 aliphatic heterocycles. The average molecular weight is 298 g/mol. The zero-order valence-electron chi connectivity index (χ0n) is 11.0. The summed E-state index contributed by atoms with van der Waals surface area (Å²) in [5.41, 5.74) is 1.90. The highest BCUT2D eigenvalue weighted by Crippen LogP contribution is 2.28. The van der Waals surface area contributed by atoms with Crippen LogP contribution in [0.5, 0.6) is 0 Å². The fourth-order valence-corrected chi connectivity index (χ4v) is 3.18. The Morgan fingerprint density at radius 2 is 2.16 bits per heavy atom. The Bertz CT molecular complexity index is 553. The lowest BCUT2D eigenvalue weighted by atomic mass is 9.99. The molecule has 0 aliphatic rings. The second-order valence-electron chi connectivity index (χ2n) is 4.46. The maximum absolute atomic E-state index is 14.0. The number of thiophene rings is 1. The zero-order valence-corrected chi connectivity index (χ0v) is 12.6. The van der Waals surface area contributed by atoms with Crippen LogP contribution in [-0.2, 0) is 6.42 Å². The standard InChI is InChI=1S/C15H17ClFNS/c1-3-18-14(12-7-8-19-10(12)2)9-11-5-4-6-13(16)15(11)17/h4-8,14,18H,3,9H2,1-2H3. The smallest absolute Gasteiger partial charge is 0.145 e. The Kier molecular flexibility index (Phi) is 4.97. The summed E-state index contributed by atoms with van der Waals surface area (Å²) in [4.78, 5) is 1.27. The molecule has 0 amide bonds. The third-order valence-electron chi connectivity index (χ3n) is 3.18. The number of hydrogen-bond acceptors (Lipinski definition) is 2. The van der Waals surface area contributed by atoms with Crippen LogP contribution in [0.1, 0.15) is 29.0 Å². The Hall–Kier alpha value is -0.900. The van der Waals surface area contributed by atoms with E-state index in [-0.39, 0.29) is 16.9 Å². The van der Waals surface area contributed by atoms with Gasteiger partial charge in [0.2, 0.25) is 0 Å². The summed E-state index contributed by atoms with van der Waals surface area (Å²) >= 11 is 7.55. The van der Waals surface area contributed by atoms with Crippen LogP contribution in [0.3, 0.4) is 0 Å². The minimum Gasteiger partial charge on any atom is -0.310 e. The van der Waals surface area contributed by atoms with Crippen LogP contribution in [0.15, 0.2) is 29.6 Å². The van der Waals surface area contributed by atoms with E-state index in [4.69, 9.17) is 11.6 Å². The van der Waals surface area contributed by atoms with Crippen molar-refractivity contribution in [3.05, 3.63) is 56.5 Å². The van der Waals surface area contributed by atoms with Crippen molar-refractivity contribution in [3.8, 4) is 0 Å². The van der Waals surface area contributed by atoms with Gasteiger partial charge in [-0.1, -0.05) is 30.7 Å². The first-order valence-electron chi connectivity index (χ1n) is 6.33. The largest absolute Gasteiger partial charge is 0.310 e. The van der Waals surface area contributed by atoms with Crippen LogP contribution >= 0.6 is 22.9 Å². The van der Waals surface area contributed by atoms with Crippen molar-refractivity contribution in [2.24, 2.45) is 0 Å². The van der Waals surface area contributed by atoms with E-state index in [2.05, 4.69) is 30.6 Å². The molecule has 19 heavy (non-hydrogen) atoms. The van der Waals surface area contributed by atoms with Crippen molar-refractivity contribution >= 4 is 22.9 Å². The summed E-state index contributed by atoms with van der Waals surface area (Å²) in [6, 6.07) is 7.41. The van der Waals surface area contributed by atoms with E-state index >= 15 is 0 Å². The van der Waals surface area contributed by atoms with Crippen molar-refractivity contribution < 1.29 is 4.39 Å². The first-order chi connectivity index (χ1) is 9.13. The number of likely N-dealkylation sites (N-methyl/N-ethyl adjacent to an activating group) is 1. The summed E-state index contributed by atoms with van der Waals surface area (Å²) in [7, 11) is 0. The first-order valence-corrected chi connectivity index (χ1v) is 7.59. The van der Waals surface area contributed by atoms with E-state index in [0.29, 0.717) is 12.0 Å². The lowest BCUT2D eigenvalue weighted by Gasteiger charge is -2.19. The molecule has 0 bridgehead atoms. The molecular weight excluding hydrogens is 281 g/mol. The van der Waals surface area contributed by atoms with Gasteiger partial charge in [0.1, 0.15) is 5.82 Å². The highest BCUT2D eigenvalue weighted by molar-refractivity contribution is 7.10. The predicted molar refractivity (Wildman–Crippen MR) is 80.6 cm³/mol. The number of hydrogen-bond donors (Lipinski definition) is 1. The summed E-state index contributed by atoms with van der Waals surface area (Å²) < 4.78 is 14.0. The molecule has 1 nitrogen and oxygen atoms in total. The third-order valence-corrected chi connectivity index (χ3v) is 4.33. The van der Waals surface area contributed by atoms with Gasteiger partial charge in [-0.2, -0.15) is 0 Å². The van der Waals surface area contributed by atoms with Gasteiger partial charge in [-0.05, 0) is 48.5 Å². The van der Waals surface area contributed by atoms with Crippen LogP contribution in [0.4, 0.5) is 4.39 Å². The average Bonchev–Trinajstić information content (AvgIpc) is 2.80. The Morgan fingerprint density at radius 1 is 1.37 bits per heavy atom. The first kappa shape index (κ1) is 14.5. The predicted octanol–water partition coefficient (Wildman–Crippen LogP) is 4.74. The number of benzene rings is 1. The SMILES string of the molecule is CCNC(Cc1cccc(Cl)c1F)c1ccsc1C. The summed E-state index contributed by atoms with van der Waals surface area (Å²) in [6.07, 6.45) is 0.609. The van der Waals surface area contributed by atoms with E-state index in [9.17, 15) is 4.39 Å². The molecule has 1 aromatic heterocycles. The van der Waals surface area contributed by atoms with Gasteiger partial charge in [0.15, 0.2) is 0 Å². The molecule has 0 saturated heterocycles. The Morgan fingerprint density at radius 3 is 2.79 bits per heavy atom. The summed E-state index contributed by atoms with van der Waals surface area (Å²) in [5.74, 6) is -0.306. The second-order valence-corrected chi connectivity index (χ2v) is 5.99. The molecular formula is C15H17ClFNS. The Balaban J connectivity index is 2.27. The highest BCUT2D eigenvalue weighted by Gasteiger charge is 2.17. The van der Waals surface area contributed by atoms with Gasteiger partial charge < -0.3 is 5.32 Å². The van der Waals surface area contributed by atoms with Crippen LogP contribution in [-0.4, -0.2) is 6.54 Å². The molecule has 0 saturated carbocycles. The minimum atomic E-state index is -0.306. The maximum Gasteiger partial charge on any atom is 0.145 e. The number of halogens is 2. The van der Waals surface area contributed by atoms with Crippen LogP contribution < -0.4 is 5.32 Å². The van der Waals surface area contributed by atoms with E-state index in [0.717, 1.165) is 6.54 Å². The van der Waals surface area contributed by atoms with Gasteiger partial charge in [0, 0.05) is 10.9 Å². The molecule has 2 rings (SSSR count). The van der Waals surface area contributed by atoms with Gasteiger partial charge in [0.25, 0.3) is 0 Å².